The number of aryl methyl sites for hydroxylation is 2. The van der Waals surface area contributed by atoms with Gasteiger partial charge in [0.05, 0.1) is 28.0 Å². The molecule has 0 amide bonds. The van der Waals surface area contributed by atoms with Crippen LogP contribution in [0.4, 0.5) is 8.78 Å². The van der Waals surface area contributed by atoms with Gasteiger partial charge in [-0.1, -0.05) is 51.3 Å². The molecule has 0 atom stereocenters. The lowest BCUT2D eigenvalue weighted by molar-refractivity contribution is -0.140. The highest BCUT2D eigenvalue weighted by Gasteiger charge is 2.54. The Hall–Kier alpha value is -1.39. The van der Waals surface area contributed by atoms with Crippen molar-refractivity contribution >= 4 is 56.7 Å². The second kappa shape index (κ2) is 12.6. The maximum atomic E-state index is 13.6. The van der Waals surface area contributed by atoms with E-state index in [0.717, 1.165) is 10.9 Å². The molecule has 2 aromatic carbocycles. The van der Waals surface area contributed by atoms with Gasteiger partial charge in [0.2, 0.25) is 0 Å². The molecule has 0 aliphatic heterocycles. The van der Waals surface area contributed by atoms with E-state index < -0.39 is 23.0 Å². The molecule has 31 heavy (non-hydrogen) atoms. The van der Waals surface area contributed by atoms with E-state index in [1.165, 1.54) is 12.1 Å². The molecule has 0 spiro atoms. The van der Waals surface area contributed by atoms with Gasteiger partial charge in [-0.05, 0) is 49.9 Å². The SMILES string of the molecule is Cc1ccc(F)c(C2(C(=O)O)CC2)c1Cl.Cc1ccc(F)c(CC#N)c1Cl.ClCCBr. The number of carbonyl (C=O) groups is 1. The monoisotopic (exact) mass is 553 g/mol. The first-order chi connectivity index (χ1) is 14.6. The van der Waals surface area contributed by atoms with Crippen molar-refractivity contribution in [3.8, 4) is 6.07 Å². The molecule has 3 nitrogen and oxygen atoms in total. The average Bonchev–Trinajstić information content (AvgIpc) is 3.54. The summed E-state index contributed by atoms with van der Waals surface area (Å²) in [4.78, 5) is 11.1. The average molecular weight is 556 g/mol. The molecule has 0 radical (unpaired) electrons. The van der Waals surface area contributed by atoms with Crippen LogP contribution in [0.2, 0.25) is 10.0 Å². The first kappa shape index (κ1) is 27.6. The second-order valence-corrected chi connectivity index (χ2v) is 8.74. The van der Waals surface area contributed by atoms with Crippen molar-refractivity contribution in [3.05, 3.63) is 68.2 Å². The molecule has 9 heteroatoms. The van der Waals surface area contributed by atoms with E-state index in [-0.39, 0.29) is 17.0 Å². The number of halogens is 6. The van der Waals surface area contributed by atoms with Gasteiger partial charge < -0.3 is 5.11 Å². The topological polar surface area (TPSA) is 61.1 Å². The van der Waals surface area contributed by atoms with Gasteiger partial charge in [0.25, 0.3) is 0 Å². The summed E-state index contributed by atoms with van der Waals surface area (Å²) in [6.45, 7) is 3.52. The largest absolute Gasteiger partial charge is 0.481 e. The van der Waals surface area contributed by atoms with Crippen molar-refractivity contribution in [2.45, 2.75) is 38.5 Å². The number of nitriles is 1. The minimum Gasteiger partial charge on any atom is -0.481 e. The molecule has 1 aliphatic rings. The number of carboxylic acid groups (broad SMARTS) is 1. The standard InChI is InChI=1S/C11H10ClFO2.C9H7ClFN.C2H4BrCl/c1-6-2-3-7(13)8(9(6)12)11(4-5-11)10(14)15;1-6-2-3-8(11)7(4-5-12)9(6)10;3-1-2-4/h2-3H,4-5H2,1H3,(H,14,15);2-3H,4H2,1H3;1-2H2. The van der Waals surface area contributed by atoms with E-state index in [4.69, 9.17) is 45.2 Å². The van der Waals surface area contributed by atoms with E-state index in [0.29, 0.717) is 34.9 Å². The van der Waals surface area contributed by atoms with Gasteiger partial charge in [0, 0.05) is 22.3 Å². The van der Waals surface area contributed by atoms with E-state index in [1.54, 1.807) is 26.0 Å². The minimum atomic E-state index is -1.08. The van der Waals surface area contributed by atoms with Gasteiger partial charge >= 0.3 is 5.97 Å². The molecular weight excluding hydrogens is 535 g/mol. The van der Waals surface area contributed by atoms with Crippen molar-refractivity contribution in [1.82, 2.24) is 0 Å². The summed E-state index contributed by atoms with van der Waals surface area (Å²) in [5.74, 6) is -1.22. The Morgan fingerprint density at radius 1 is 1.13 bits per heavy atom. The Balaban J connectivity index is 0.000000270. The van der Waals surface area contributed by atoms with Crippen molar-refractivity contribution in [3.63, 3.8) is 0 Å². The number of alkyl halides is 2. The predicted octanol–water partition coefficient (Wildman–Crippen LogP) is 7.38. The fraction of sp³-hybridized carbons (Fsp3) is 0.364. The predicted molar refractivity (Wildman–Crippen MR) is 125 cm³/mol. The van der Waals surface area contributed by atoms with Crippen LogP contribution in [0.15, 0.2) is 24.3 Å². The number of nitrogens with zero attached hydrogens (tertiary/aromatic N) is 1. The van der Waals surface area contributed by atoms with Crippen LogP contribution in [-0.4, -0.2) is 22.3 Å². The first-order valence-electron chi connectivity index (χ1n) is 9.18. The van der Waals surface area contributed by atoms with Gasteiger partial charge in [0.15, 0.2) is 0 Å². The molecule has 1 aliphatic carbocycles. The highest BCUT2D eigenvalue weighted by molar-refractivity contribution is 9.09. The third kappa shape index (κ3) is 7.05. The van der Waals surface area contributed by atoms with Gasteiger partial charge in [-0.25, -0.2) is 8.78 Å². The Bertz CT molecular complexity index is 974. The van der Waals surface area contributed by atoms with E-state index in [2.05, 4.69) is 15.9 Å². The van der Waals surface area contributed by atoms with Crippen LogP contribution in [0, 0.1) is 36.8 Å². The lowest BCUT2D eigenvalue weighted by Crippen LogP contribution is -2.21. The van der Waals surface area contributed by atoms with Crippen molar-refractivity contribution < 1.29 is 18.7 Å². The third-order valence-corrected chi connectivity index (χ3v) is 6.68. The maximum Gasteiger partial charge on any atom is 0.314 e. The van der Waals surface area contributed by atoms with E-state index >= 15 is 0 Å². The van der Waals surface area contributed by atoms with E-state index in [1.807, 2.05) is 6.07 Å². The van der Waals surface area contributed by atoms with Crippen LogP contribution in [0.1, 0.15) is 35.1 Å². The number of aliphatic carboxylic acids is 1. The van der Waals surface area contributed by atoms with E-state index in [9.17, 15) is 13.6 Å². The Morgan fingerprint density at radius 3 is 2.03 bits per heavy atom. The third-order valence-electron chi connectivity index (χ3n) is 4.63. The highest BCUT2D eigenvalue weighted by Crippen LogP contribution is 2.52. The molecule has 0 bridgehead atoms. The molecule has 168 valence electrons. The zero-order valence-electron chi connectivity index (χ0n) is 16.9. The number of benzene rings is 2. The lowest BCUT2D eigenvalue weighted by atomic mass is 9.94. The summed E-state index contributed by atoms with van der Waals surface area (Å²) < 4.78 is 26.6. The summed E-state index contributed by atoms with van der Waals surface area (Å²) in [6.07, 6.45) is 0.942. The normalized spacial score (nSPS) is 13.1. The van der Waals surface area contributed by atoms with Gasteiger partial charge in [-0.2, -0.15) is 5.26 Å². The molecule has 3 rings (SSSR count). The quantitative estimate of drug-likeness (QED) is 0.401. The summed E-state index contributed by atoms with van der Waals surface area (Å²) in [5.41, 5.74) is 0.868. The van der Waals surface area contributed by atoms with Crippen molar-refractivity contribution in [2.75, 3.05) is 11.2 Å². The van der Waals surface area contributed by atoms with Gasteiger partial charge in [0.1, 0.15) is 11.6 Å². The minimum absolute atomic E-state index is 0.0202. The summed E-state index contributed by atoms with van der Waals surface area (Å²) >= 11 is 20.0. The van der Waals surface area contributed by atoms with Gasteiger partial charge in [-0.3, -0.25) is 4.79 Å². The number of carboxylic acids is 1. The van der Waals surface area contributed by atoms with Crippen molar-refractivity contribution in [2.24, 2.45) is 0 Å². The number of hydrogen-bond acceptors (Lipinski definition) is 2. The molecule has 1 N–H and O–H groups in total. The fourth-order valence-electron chi connectivity index (χ4n) is 2.75. The number of hydrogen-bond donors (Lipinski definition) is 1. The maximum absolute atomic E-state index is 13.6. The second-order valence-electron chi connectivity index (χ2n) is 6.81. The first-order valence-corrected chi connectivity index (χ1v) is 11.6. The Morgan fingerprint density at radius 2 is 1.61 bits per heavy atom. The molecule has 0 heterocycles. The lowest BCUT2D eigenvalue weighted by Gasteiger charge is -2.14. The summed E-state index contributed by atoms with van der Waals surface area (Å²) in [5, 5.41) is 19.0. The molecule has 0 aromatic heterocycles. The molecular formula is C22H21BrCl3F2NO2. The Kier molecular flexibility index (Phi) is 11.2. The Labute approximate surface area is 204 Å². The highest BCUT2D eigenvalue weighted by atomic mass is 79.9. The number of rotatable bonds is 4. The summed E-state index contributed by atoms with van der Waals surface area (Å²) in [6, 6.07) is 7.62. The molecule has 1 saturated carbocycles. The molecule has 0 unspecified atom stereocenters. The van der Waals surface area contributed by atoms with Crippen molar-refractivity contribution in [1.29, 1.82) is 5.26 Å². The van der Waals surface area contributed by atoms with Crippen LogP contribution in [-0.2, 0) is 16.6 Å². The van der Waals surface area contributed by atoms with Crippen LogP contribution < -0.4 is 0 Å². The zero-order chi connectivity index (χ0) is 23.8. The van der Waals surface area contributed by atoms with Crippen LogP contribution in [0.25, 0.3) is 0 Å². The van der Waals surface area contributed by atoms with Crippen LogP contribution in [0.3, 0.4) is 0 Å². The zero-order valence-corrected chi connectivity index (χ0v) is 20.8. The molecule has 1 fully saturated rings. The smallest absolute Gasteiger partial charge is 0.314 e. The fourth-order valence-corrected chi connectivity index (χ4v) is 3.30. The van der Waals surface area contributed by atoms with Crippen LogP contribution >= 0.6 is 50.7 Å². The summed E-state index contributed by atoms with van der Waals surface area (Å²) in [7, 11) is 0. The molecule has 0 saturated heterocycles. The van der Waals surface area contributed by atoms with Gasteiger partial charge in [-0.15, -0.1) is 11.6 Å². The molecule has 2 aromatic rings. The van der Waals surface area contributed by atoms with Crippen LogP contribution in [0.5, 0.6) is 0 Å².